The molecule has 1 aliphatic rings. The maximum absolute atomic E-state index is 2.36. The van der Waals surface area contributed by atoms with Crippen LogP contribution in [0.5, 0.6) is 0 Å². The number of hydrogen-bond acceptors (Lipinski definition) is 0. The molecule has 0 aromatic rings. The fraction of sp³-hybridized carbons (Fsp3) is 0.600. The molecule has 0 radical (unpaired) electrons. The zero-order chi connectivity index (χ0) is 7.40. The summed E-state index contributed by atoms with van der Waals surface area (Å²) in [5.74, 6) is 0.829. The first-order chi connectivity index (χ1) is 4.83. The minimum Gasteiger partial charge on any atom is -0.0914 e. The quantitative estimate of drug-likeness (QED) is 0.485. The Labute approximate surface area is 63.6 Å². The summed E-state index contributed by atoms with van der Waals surface area (Å²) in [5, 5.41) is 0. The largest absolute Gasteiger partial charge is 0.0914 e. The molecular weight excluding hydrogens is 120 g/mol. The summed E-state index contributed by atoms with van der Waals surface area (Å²) in [6.07, 6.45) is 10.8. The second-order valence-electron chi connectivity index (χ2n) is 3.12. The summed E-state index contributed by atoms with van der Waals surface area (Å²) in [7, 11) is 0. The zero-order valence-corrected chi connectivity index (χ0v) is 6.93. The molecule has 56 valence electrons. The van der Waals surface area contributed by atoms with E-state index in [2.05, 4.69) is 32.1 Å². The molecule has 1 aliphatic carbocycles. The van der Waals surface area contributed by atoms with E-state index in [1.54, 1.807) is 5.57 Å². The first kappa shape index (κ1) is 7.59. The van der Waals surface area contributed by atoms with Gasteiger partial charge in [0, 0.05) is 0 Å². The van der Waals surface area contributed by atoms with E-state index in [1.807, 2.05) is 0 Å². The minimum atomic E-state index is 0.829. The molecule has 0 saturated heterocycles. The highest BCUT2D eigenvalue weighted by Crippen LogP contribution is 2.24. The van der Waals surface area contributed by atoms with E-state index in [1.165, 1.54) is 19.3 Å². The molecule has 1 atom stereocenters. The van der Waals surface area contributed by atoms with Gasteiger partial charge in [-0.2, -0.15) is 0 Å². The molecule has 1 rings (SSSR count). The van der Waals surface area contributed by atoms with Crippen LogP contribution in [0.4, 0.5) is 0 Å². The van der Waals surface area contributed by atoms with Crippen LogP contribution >= 0.6 is 0 Å². The second kappa shape index (κ2) is 3.60. The van der Waals surface area contributed by atoms with Crippen LogP contribution in [0.3, 0.4) is 0 Å². The third-order valence-electron chi connectivity index (χ3n) is 2.08. The lowest BCUT2D eigenvalue weighted by atomic mass is 9.89. The molecule has 0 aliphatic heterocycles. The SMILES string of the molecule is CC=CC1CCC=C(C)C1. The van der Waals surface area contributed by atoms with Gasteiger partial charge >= 0.3 is 0 Å². The van der Waals surface area contributed by atoms with Crippen molar-refractivity contribution >= 4 is 0 Å². The standard InChI is InChI=1S/C10H16/c1-3-5-10-7-4-6-9(2)8-10/h3,5-6,10H,4,7-8H2,1-2H3. The summed E-state index contributed by atoms with van der Waals surface area (Å²) in [6.45, 7) is 4.34. The molecule has 0 heteroatoms. The molecule has 0 heterocycles. The van der Waals surface area contributed by atoms with Crippen molar-refractivity contribution in [3.63, 3.8) is 0 Å². The van der Waals surface area contributed by atoms with Crippen molar-refractivity contribution in [1.82, 2.24) is 0 Å². The third-order valence-corrected chi connectivity index (χ3v) is 2.08. The van der Waals surface area contributed by atoms with E-state index < -0.39 is 0 Å². The average Bonchev–Trinajstić information content (AvgIpc) is 1.88. The molecule has 10 heavy (non-hydrogen) atoms. The van der Waals surface area contributed by atoms with Crippen LogP contribution in [0, 0.1) is 5.92 Å². The van der Waals surface area contributed by atoms with E-state index >= 15 is 0 Å². The first-order valence-electron chi connectivity index (χ1n) is 4.11. The molecule has 0 nitrogen and oxygen atoms in total. The van der Waals surface area contributed by atoms with Gasteiger partial charge in [-0.15, -0.1) is 0 Å². The van der Waals surface area contributed by atoms with Gasteiger partial charge in [0.25, 0.3) is 0 Å². The predicted molar refractivity (Wildman–Crippen MR) is 45.9 cm³/mol. The van der Waals surface area contributed by atoms with Crippen LogP contribution in [0.15, 0.2) is 23.8 Å². The van der Waals surface area contributed by atoms with E-state index in [0.717, 1.165) is 5.92 Å². The van der Waals surface area contributed by atoms with Crippen LogP contribution < -0.4 is 0 Å². The maximum atomic E-state index is 2.36. The number of hydrogen-bond donors (Lipinski definition) is 0. The fourth-order valence-electron chi connectivity index (χ4n) is 1.58. The van der Waals surface area contributed by atoms with Crippen molar-refractivity contribution in [2.45, 2.75) is 33.1 Å². The fourth-order valence-corrected chi connectivity index (χ4v) is 1.58. The van der Waals surface area contributed by atoms with Gasteiger partial charge in [-0.1, -0.05) is 23.8 Å². The highest BCUT2D eigenvalue weighted by Gasteiger charge is 2.08. The summed E-state index contributed by atoms with van der Waals surface area (Å²) in [6, 6.07) is 0. The third kappa shape index (κ3) is 2.02. The number of rotatable bonds is 1. The predicted octanol–water partition coefficient (Wildman–Crippen LogP) is 3.31. The van der Waals surface area contributed by atoms with Crippen molar-refractivity contribution in [1.29, 1.82) is 0 Å². The van der Waals surface area contributed by atoms with Gasteiger partial charge in [-0.3, -0.25) is 0 Å². The smallest absolute Gasteiger partial charge is 0.0194 e. The molecule has 0 aromatic heterocycles. The Kier molecular flexibility index (Phi) is 2.73. The Balaban J connectivity index is 2.45. The monoisotopic (exact) mass is 136 g/mol. The molecule has 1 unspecified atom stereocenters. The maximum Gasteiger partial charge on any atom is -0.0194 e. The van der Waals surface area contributed by atoms with Crippen LogP contribution in [0.1, 0.15) is 33.1 Å². The molecule has 0 N–H and O–H groups in total. The topological polar surface area (TPSA) is 0 Å². The van der Waals surface area contributed by atoms with Gasteiger partial charge in [-0.05, 0) is 39.0 Å². The first-order valence-corrected chi connectivity index (χ1v) is 4.11. The van der Waals surface area contributed by atoms with Crippen LogP contribution in [0.2, 0.25) is 0 Å². The summed E-state index contributed by atoms with van der Waals surface area (Å²) < 4.78 is 0. The van der Waals surface area contributed by atoms with Crippen molar-refractivity contribution in [3.8, 4) is 0 Å². The minimum absolute atomic E-state index is 0.829. The molecule has 0 fully saturated rings. The molecule has 0 saturated carbocycles. The Morgan fingerprint density at radius 1 is 1.60 bits per heavy atom. The van der Waals surface area contributed by atoms with Gasteiger partial charge in [-0.25, -0.2) is 0 Å². The highest BCUT2D eigenvalue weighted by atomic mass is 14.1. The van der Waals surface area contributed by atoms with Gasteiger partial charge in [0.2, 0.25) is 0 Å². The number of allylic oxidation sites excluding steroid dienone is 4. The molecule has 0 spiro atoms. The van der Waals surface area contributed by atoms with Gasteiger partial charge < -0.3 is 0 Å². The van der Waals surface area contributed by atoms with Crippen LogP contribution in [-0.4, -0.2) is 0 Å². The lowest BCUT2D eigenvalue weighted by molar-refractivity contribution is 0.563. The van der Waals surface area contributed by atoms with Crippen molar-refractivity contribution in [3.05, 3.63) is 23.8 Å². The average molecular weight is 136 g/mol. The summed E-state index contributed by atoms with van der Waals surface area (Å²) in [5.41, 5.74) is 1.56. The van der Waals surface area contributed by atoms with Crippen molar-refractivity contribution in [2.75, 3.05) is 0 Å². The van der Waals surface area contributed by atoms with Gasteiger partial charge in [0.1, 0.15) is 0 Å². The van der Waals surface area contributed by atoms with Gasteiger partial charge in [0.15, 0.2) is 0 Å². The Bertz CT molecular complexity index is 151. The summed E-state index contributed by atoms with van der Waals surface area (Å²) in [4.78, 5) is 0. The zero-order valence-electron chi connectivity index (χ0n) is 6.93. The second-order valence-corrected chi connectivity index (χ2v) is 3.12. The highest BCUT2D eigenvalue weighted by molar-refractivity contribution is 5.07. The lowest BCUT2D eigenvalue weighted by Crippen LogP contribution is -2.01. The van der Waals surface area contributed by atoms with Crippen molar-refractivity contribution in [2.24, 2.45) is 5.92 Å². The van der Waals surface area contributed by atoms with E-state index in [9.17, 15) is 0 Å². The van der Waals surface area contributed by atoms with Crippen molar-refractivity contribution < 1.29 is 0 Å². The van der Waals surface area contributed by atoms with E-state index in [4.69, 9.17) is 0 Å². The lowest BCUT2D eigenvalue weighted by Gasteiger charge is -2.16. The van der Waals surface area contributed by atoms with Crippen LogP contribution in [0.25, 0.3) is 0 Å². The molecular formula is C10H16. The molecule has 0 bridgehead atoms. The Hall–Kier alpha value is -0.520. The van der Waals surface area contributed by atoms with E-state index in [0.29, 0.717) is 0 Å². The van der Waals surface area contributed by atoms with E-state index in [-0.39, 0.29) is 0 Å². The van der Waals surface area contributed by atoms with Gasteiger partial charge in [0.05, 0.1) is 0 Å². The van der Waals surface area contributed by atoms with Crippen LogP contribution in [-0.2, 0) is 0 Å². The normalized spacial score (nSPS) is 27.0. The summed E-state index contributed by atoms with van der Waals surface area (Å²) >= 11 is 0. The molecule has 0 aromatic carbocycles. The Morgan fingerprint density at radius 2 is 2.40 bits per heavy atom. The molecule has 0 amide bonds. The Morgan fingerprint density at radius 3 is 3.00 bits per heavy atom.